The van der Waals surface area contributed by atoms with Gasteiger partial charge in [-0.05, 0) is 19.9 Å². The van der Waals surface area contributed by atoms with E-state index in [1.165, 1.54) is 6.07 Å². The third kappa shape index (κ3) is 2.97. The molecule has 0 radical (unpaired) electrons. The molecule has 1 fully saturated rings. The lowest BCUT2D eigenvalue weighted by Gasteiger charge is -2.40. The molecule has 1 aromatic carbocycles. The molecule has 1 aliphatic heterocycles. The van der Waals surface area contributed by atoms with Gasteiger partial charge in [-0.1, -0.05) is 11.6 Å². The first-order chi connectivity index (χ1) is 10.4. The molecule has 122 valence electrons. The van der Waals surface area contributed by atoms with Crippen LogP contribution >= 0.6 is 11.6 Å². The van der Waals surface area contributed by atoms with E-state index in [0.29, 0.717) is 36.7 Å². The van der Waals surface area contributed by atoms with Crippen molar-refractivity contribution in [3.63, 3.8) is 0 Å². The number of halogens is 1. The zero-order valence-electron chi connectivity index (χ0n) is 12.7. The molecule has 0 spiro atoms. The fraction of sp³-hybridized carbons (Fsp3) is 0.571. The van der Waals surface area contributed by atoms with E-state index in [-0.39, 0.29) is 16.8 Å². The average molecular weight is 331 g/mol. The van der Waals surface area contributed by atoms with Crippen LogP contribution in [0.1, 0.15) is 25.5 Å². The number of ether oxygens (including phenoxy) is 2. The molecule has 22 heavy (non-hydrogen) atoms. The molecule has 0 amide bonds. The monoisotopic (exact) mass is 330 g/mol. The van der Waals surface area contributed by atoms with Crippen LogP contribution in [0.3, 0.4) is 0 Å². The predicted octanol–water partition coefficient (Wildman–Crippen LogP) is 2.54. The van der Waals surface area contributed by atoms with E-state index in [0.717, 1.165) is 0 Å². The fourth-order valence-corrected chi connectivity index (χ4v) is 2.75. The van der Waals surface area contributed by atoms with Gasteiger partial charge in [0.05, 0.1) is 23.7 Å². The highest BCUT2D eigenvalue weighted by molar-refractivity contribution is 6.33. The van der Waals surface area contributed by atoms with Crippen molar-refractivity contribution in [3.8, 4) is 5.75 Å². The number of rotatable bonds is 6. The van der Waals surface area contributed by atoms with E-state index in [9.17, 15) is 15.2 Å². The molecule has 1 saturated heterocycles. The Morgan fingerprint density at radius 2 is 2.23 bits per heavy atom. The number of aliphatic hydroxyl groups is 1. The molecule has 8 heteroatoms. The quantitative estimate of drug-likeness (QED) is 0.637. The van der Waals surface area contributed by atoms with Crippen LogP contribution in [0.2, 0.25) is 5.02 Å². The molecule has 7 nitrogen and oxygen atoms in total. The Kier molecular flexibility index (Phi) is 5.10. The fourth-order valence-electron chi connectivity index (χ4n) is 2.47. The van der Waals surface area contributed by atoms with E-state index in [4.69, 9.17) is 21.1 Å². The van der Waals surface area contributed by atoms with Crippen LogP contribution in [-0.4, -0.2) is 42.9 Å². The maximum atomic E-state index is 11.4. The molecule has 1 aromatic rings. The number of benzene rings is 1. The summed E-state index contributed by atoms with van der Waals surface area (Å²) in [5.74, 6) is 0.308. The number of nitro groups is 1. The second kappa shape index (κ2) is 6.68. The van der Waals surface area contributed by atoms with Crippen LogP contribution in [0.4, 0.5) is 11.4 Å². The summed E-state index contributed by atoms with van der Waals surface area (Å²) in [4.78, 5) is 12.7. The summed E-state index contributed by atoms with van der Waals surface area (Å²) in [6.45, 7) is 4.70. The Morgan fingerprint density at radius 3 is 2.68 bits per heavy atom. The number of aliphatic hydroxyl groups excluding tert-OH is 1. The van der Waals surface area contributed by atoms with E-state index in [1.807, 2.05) is 0 Å². The van der Waals surface area contributed by atoms with Crippen molar-refractivity contribution in [2.45, 2.75) is 26.1 Å². The van der Waals surface area contributed by atoms with Crippen molar-refractivity contribution < 1.29 is 19.5 Å². The molecule has 1 heterocycles. The molecule has 0 aromatic heterocycles. The molecule has 0 saturated carbocycles. The average Bonchev–Trinajstić information content (AvgIpc) is 2.39. The van der Waals surface area contributed by atoms with Crippen LogP contribution in [0.5, 0.6) is 5.75 Å². The van der Waals surface area contributed by atoms with E-state index >= 15 is 0 Å². The summed E-state index contributed by atoms with van der Waals surface area (Å²) in [6.07, 6.45) is -0.832. The zero-order valence-corrected chi connectivity index (χ0v) is 13.5. The van der Waals surface area contributed by atoms with Gasteiger partial charge in [-0.15, -0.1) is 0 Å². The van der Waals surface area contributed by atoms with Gasteiger partial charge in [0.25, 0.3) is 0 Å². The van der Waals surface area contributed by atoms with Crippen molar-refractivity contribution in [1.82, 2.24) is 0 Å². The third-order valence-corrected chi connectivity index (χ3v) is 3.92. The minimum Gasteiger partial charge on any atom is -0.491 e. The molecule has 0 aliphatic carbocycles. The number of hydrogen-bond acceptors (Lipinski definition) is 6. The molecule has 1 unspecified atom stereocenters. The largest absolute Gasteiger partial charge is 0.491 e. The lowest BCUT2D eigenvalue weighted by atomic mass is 10.0. The number of hydrogen-bond donors (Lipinski definition) is 1. The van der Waals surface area contributed by atoms with Crippen LogP contribution in [0.15, 0.2) is 6.07 Å². The highest BCUT2D eigenvalue weighted by atomic mass is 35.5. The molecule has 1 N–H and O–H groups in total. The minimum absolute atomic E-state index is 0.0137. The summed E-state index contributed by atoms with van der Waals surface area (Å²) in [6, 6.07) is 1.40. The van der Waals surface area contributed by atoms with Crippen LogP contribution in [-0.2, 0) is 4.74 Å². The van der Waals surface area contributed by atoms with Crippen molar-refractivity contribution in [1.29, 1.82) is 0 Å². The van der Waals surface area contributed by atoms with Crippen molar-refractivity contribution >= 4 is 23.0 Å². The molecular weight excluding hydrogens is 312 g/mol. The van der Waals surface area contributed by atoms with Gasteiger partial charge in [-0.3, -0.25) is 10.1 Å². The predicted molar refractivity (Wildman–Crippen MR) is 82.9 cm³/mol. The van der Waals surface area contributed by atoms with Gasteiger partial charge in [0.2, 0.25) is 0 Å². The highest BCUT2D eigenvalue weighted by Crippen LogP contribution is 2.48. The highest BCUT2D eigenvalue weighted by Gasteiger charge is 2.37. The van der Waals surface area contributed by atoms with Gasteiger partial charge >= 0.3 is 5.69 Å². The van der Waals surface area contributed by atoms with Gasteiger partial charge in [0.15, 0.2) is 11.4 Å². The SMILES string of the molecule is CCOc1c(C(C)O)cc(Cl)c([N+](=O)[O-])c1N1CC(OC)C1. The summed E-state index contributed by atoms with van der Waals surface area (Å²) >= 11 is 6.07. The van der Waals surface area contributed by atoms with E-state index in [2.05, 4.69) is 0 Å². The lowest BCUT2D eigenvalue weighted by molar-refractivity contribution is -0.384. The zero-order chi connectivity index (χ0) is 16.4. The first-order valence-corrected chi connectivity index (χ1v) is 7.37. The Labute approximate surface area is 133 Å². The first kappa shape index (κ1) is 16.8. The maximum Gasteiger partial charge on any atom is 0.314 e. The Morgan fingerprint density at radius 1 is 1.59 bits per heavy atom. The Hall–Kier alpha value is -1.57. The lowest BCUT2D eigenvalue weighted by Crippen LogP contribution is -2.52. The van der Waals surface area contributed by atoms with E-state index < -0.39 is 11.0 Å². The smallest absolute Gasteiger partial charge is 0.314 e. The minimum atomic E-state index is -0.849. The topological polar surface area (TPSA) is 85.1 Å². The van der Waals surface area contributed by atoms with Crippen LogP contribution in [0.25, 0.3) is 0 Å². The molecule has 1 aliphatic rings. The van der Waals surface area contributed by atoms with Crippen molar-refractivity contribution in [3.05, 3.63) is 26.8 Å². The second-order valence-electron chi connectivity index (χ2n) is 5.10. The number of nitrogens with zero attached hydrogens (tertiary/aromatic N) is 2. The van der Waals surface area contributed by atoms with Crippen LogP contribution < -0.4 is 9.64 Å². The maximum absolute atomic E-state index is 11.4. The van der Waals surface area contributed by atoms with Crippen molar-refractivity contribution in [2.24, 2.45) is 0 Å². The normalized spacial score (nSPS) is 16.3. The van der Waals surface area contributed by atoms with Gasteiger partial charge in [0, 0.05) is 25.8 Å². The second-order valence-corrected chi connectivity index (χ2v) is 5.51. The van der Waals surface area contributed by atoms with Gasteiger partial charge in [-0.2, -0.15) is 0 Å². The molecular formula is C14H19ClN2O5. The molecule has 1 atom stereocenters. The van der Waals surface area contributed by atoms with E-state index in [1.54, 1.807) is 25.9 Å². The summed E-state index contributed by atoms with van der Waals surface area (Å²) in [5.41, 5.74) is 0.543. The molecule has 0 bridgehead atoms. The van der Waals surface area contributed by atoms with Gasteiger partial charge < -0.3 is 19.5 Å². The summed E-state index contributed by atoms with van der Waals surface area (Å²) in [5, 5.41) is 21.3. The van der Waals surface area contributed by atoms with Crippen LogP contribution in [0, 0.1) is 10.1 Å². The number of methoxy groups -OCH3 is 1. The first-order valence-electron chi connectivity index (χ1n) is 7.00. The third-order valence-electron chi connectivity index (χ3n) is 3.63. The molecule has 2 rings (SSSR count). The number of anilines is 1. The van der Waals surface area contributed by atoms with Gasteiger partial charge in [-0.25, -0.2) is 0 Å². The number of nitro benzene ring substituents is 1. The Balaban J connectivity index is 2.60. The Bertz CT molecular complexity index is 573. The van der Waals surface area contributed by atoms with Crippen molar-refractivity contribution in [2.75, 3.05) is 31.7 Å². The summed E-state index contributed by atoms with van der Waals surface area (Å²) < 4.78 is 10.8. The van der Waals surface area contributed by atoms with Gasteiger partial charge in [0.1, 0.15) is 5.02 Å². The standard InChI is InChI=1S/C14H19ClN2O5/c1-4-22-14-10(8(2)18)5-11(15)12(17(19)20)13(14)16-6-9(7-16)21-3/h5,8-9,18H,4,6-7H2,1-3H3. The summed E-state index contributed by atoms with van der Waals surface area (Å²) in [7, 11) is 1.60.